The number of methoxy groups -OCH3 is 1. The second kappa shape index (κ2) is 7.88. The molecule has 1 saturated heterocycles. The highest BCUT2D eigenvalue weighted by Crippen LogP contribution is 2.24. The highest BCUT2D eigenvalue weighted by atomic mass is 79.9. The number of hydrogen-bond donors (Lipinski definition) is 1. The molecule has 3 nitrogen and oxygen atoms in total. The zero-order valence-corrected chi connectivity index (χ0v) is 13.0. The van der Waals surface area contributed by atoms with Crippen LogP contribution in [-0.2, 0) is 11.3 Å². The van der Waals surface area contributed by atoms with Crippen molar-refractivity contribution in [2.45, 2.75) is 25.9 Å². The number of hydrogen-bond acceptors (Lipinski definition) is 3. The van der Waals surface area contributed by atoms with Crippen molar-refractivity contribution in [3.8, 4) is 5.75 Å². The van der Waals surface area contributed by atoms with Crippen LogP contribution in [0, 0.1) is 5.92 Å². The summed E-state index contributed by atoms with van der Waals surface area (Å²) in [7, 11) is 1.69. The Morgan fingerprint density at radius 1 is 1.42 bits per heavy atom. The quantitative estimate of drug-likeness (QED) is 0.812. The number of ether oxygens (including phenoxy) is 2. The molecule has 1 aliphatic heterocycles. The number of nitrogens with one attached hydrogen (secondary N) is 1. The molecule has 1 unspecified atom stereocenters. The molecule has 1 atom stereocenters. The van der Waals surface area contributed by atoms with Gasteiger partial charge < -0.3 is 14.8 Å². The zero-order valence-electron chi connectivity index (χ0n) is 11.5. The van der Waals surface area contributed by atoms with Gasteiger partial charge in [-0.2, -0.15) is 0 Å². The fourth-order valence-electron chi connectivity index (χ4n) is 2.46. The summed E-state index contributed by atoms with van der Waals surface area (Å²) in [6.45, 7) is 3.75. The Morgan fingerprint density at radius 3 is 3.05 bits per heavy atom. The average Bonchev–Trinajstić information content (AvgIpc) is 2.45. The van der Waals surface area contributed by atoms with Crippen molar-refractivity contribution in [1.29, 1.82) is 0 Å². The first kappa shape index (κ1) is 14.8. The van der Waals surface area contributed by atoms with E-state index in [1.165, 1.54) is 19.4 Å². The smallest absolute Gasteiger partial charge is 0.124 e. The van der Waals surface area contributed by atoms with Gasteiger partial charge in [0, 0.05) is 16.6 Å². The Labute approximate surface area is 123 Å². The summed E-state index contributed by atoms with van der Waals surface area (Å²) in [6, 6.07) is 6.00. The second-order valence-corrected chi connectivity index (χ2v) is 5.93. The minimum absolute atomic E-state index is 0.614. The van der Waals surface area contributed by atoms with E-state index in [-0.39, 0.29) is 0 Å². The highest BCUT2D eigenvalue weighted by molar-refractivity contribution is 9.10. The topological polar surface area (TPSA) is 30.5 Å². The Morgan fingerprint density at radius 2 is 2.32 bits per heavy atom. The maximum absolute atomic E-state index is 5.79. The van der Waals surface area contributed by atoms with E-state index in [2.05, 4.69) is 27.3 Å². The van der Waals surface area contributed by atoms with Crippen molar-refractivity contribution in [3.05, 3.63) is 28.2 Å². The lowest BCUT2D eigenvalue weighted by molar-refractivity contribution is 0.102. The summed E-state index contributed by atoms with van der Waals surface area (Å²) in [4.78, 5) is 0. The van der Waals surface area contributed by atoms with Crippen LogP contribution >= 0.6 is 15.9 Å². The molecule has 106 valence electrons. The van der Waals surface area contributed by atoms with Crippen molar-refractivity contribution >= 4 is 15.9 Å². The van der Waals surface area contributed by atoms with Crippen molar-refractivity contribution in [2.24, 2.45) is 5.92 Å². The van der Waals surface area contributed by atoms with Gasteiger partial charge in [-0.3, -0.25) is 0 Å². The first-order valence-electron chi connectivity index (χ1n) is 6.90. The van der Waals surface area contributed by atoms with Crippen molar-refractivity contribution < 1.29 is 9.47 Å². The Balaban J connectivity index is 1.74. The van der Waals surface area contributed by atoms with Crippen molar-refractivity contribution in [2.75, 3.05) is 26.8 Å². The molecule has 0 aromatic heterocycles. The van der Waals surface area contributed by atoms with Gasteiger partial charge in [-0.15, -0.1) is 0 Å². The normalized spacial score (nSPS) is 19.4. The number of rotatable bonds is 6. The zero-order chi connectivity index (χ0) is 13.5. The molecule has 0 aliphatic carbocycles. The molecule has 0 amide bonds. The molecular formula is C15H22BrNO2. The third-order valence-electron chi connectivity index (χ3n) is 3.57. The van der Waals surface area contributed by atoms with Crippen LogP contribution in [0.2, 0.25) is 0 Å². The van der Waals surface area contributed by atoms with Gasteiger partial charge in [-0.25, -0.2) is 0 Å². The molecule has 1 N–H and O–H groups in total. The lowest BCUT2D eigenvalue weighted by atomic mass is 9.97. The fraction of sp³-hybridized carbons (Fsp3) is 0.600. The molecule has 0 radical (unpaired) electrons. The van der Waals surface area contributed by atoms with Crippen molar-refractivity contribution in [3.63, 3.8) is 0 Å². The van der Waals surface area contributed by atoms with E-state index in [9.17, 15) is 0 Å². The molecule has 1 aromatic rings. The first-order chi connectivity index (χ1) is 9.29. The minimum Gasteiger partial charge on any atom is -0.496 e. The number of halogens is 1. The lowest BCUT2D eigenvalue weighted by Gasteiger charge is -2.22. The summed E-state index contributed by atoms with van der Waals surface area (Å²) in [5.74, 6) is 1.67. The lowest BCUT2D eigenvalue weighted by Crippen LogP contribution is -2.30. The van der Waals surface area contributed by atoms with Gasteiger partial charge >= 0.3 is 0 Å². The van der Waals surface area contributed by atoms with Crippen LogP contribution in [0.5, 0.6) is 5.75 Å². The van der Waals surface area contributed by atoms with E-state index in [1.807, 2.05) is 12.1 Å². The molecule has 1 heterocycles. The van der Waals surface area contributed by atoms with E-state index in [0.717, 1.165) is 41.3 Å². The standard InChI is InChI=1S/C15H22BrNO2/c1-18-15-5-4-14(16)9-13(15)11-19-8-6-12-3-2-7-17-10-12/h4-5,9,12,17H,2-3,6-8,10-11H2,1H3. The van der Waals surface area contributed by atoms with Gasteiger partial charge in [-0.1, -0.05) is 15.9 Å². The van der Waals surface area contributed by atoms with E-state index in [4.69, 9.17) is 9.47 Å². The van der Waals surface area contributed by atoms with Crippen LogP contribution in [0.1, 0.15) is 24.8 Å². The maximum atomic E-state index is 5.79. The molecule has 0 bridgehead atoms. The highest BCUT2D eigenvalue weighted by Gasteiger charge is 2.12. The molecule has 1 aromatic carbocycles. The van der Waals surface area contributed by atoms with E-state index >= 15 is 0 Å². The van der Waals surface area contributed by atoms with Crippen LogP contribution in [0.15, 0.2) is 22.7 Å². The molecule has 0 saturated carbocycles. The molecule has 1 fully saturated rings. The molecule has 1 aliphatic rings. The van der Waals surface area contributed by atoms with Gasteiger partial charge in [0.15, 0.2) is 0 Å². The summed E-state index contributed by atoms with van der Waals surface area (Å²) in [5, 5.41) is 3.44. The molecule has 4 heteroatoms. The summed E-state index contributed by atoms with van der Waals surface area (Å²) in [5.41, 5.74) is 1.10. The van der Waals surface area contributed by atoms with Gasteiger partial charge in [0.05, 0.1) is 13.7 Å². The van der Waals surface area contributed by atoms with Gasteiger partial charge in [0.1, 0.15) is 5.75 Å². The van der Waals surface area contributed by atoms with Crippen LogP contribution in [0.3, 0.4) is 0 Å². The third-order valence-corrected chi connectivity index (χ3v) is 4.06. The van der Waals surface area contributed by atoms with Crippen LogP contribution in [0.4, 0.5) is 0 Å². The largest absolute Gasteiger partial charge is 0.496 e. The molecular weight excluding hydrogens is 306 g/mol. The van der Waals surface area contributed by atoms with Gasteiger partial charge in [0.2, 0.25) is 0 Å². The number of piperidine rings is 1. The third kappa shape index (κ3) is 4.79. The van der Waals surface area contributed by atoms with Crippen LogP contribution in [-0.4, -0.2) is 26.8 Å². The molecule has 2 rings (SSSR count). The van der Waals surface area contributed by atoms with Gasteiger partial charge in [0.25, 0.3) is 0 Å². The Bertz CT molecular complexity index is 392. The summed E-state index contributed by atoms with van der Waals surface area (Å²) >= 11 is 3.48. The Hall–Kier alpha value is -0.580. The SMILES string of the molecule is COc1ccc(Br)cc1COCCC1CCCNC1. The molecule has 19 heavy (non-hydrogen) atoms. The Kier molecular flexibility index (Phi) is 6.14. The summed E-state index contributed by atoms with van der Waals surface area (Å²) < 4.78 is 12.2. The maximum Gasteiger partial charge on any atom is 0.124 e. The fourth-order valence-corrected chi connectivity index (χ4v) is 2.87. The first-order valence-corrected chi connectivity index (χ1v) is 7.70. The minimum atomic E-state index is 0.614. The van der Waals surface area contributed by atoms with Crippen molar-refractivity contribution in [1.82, 2.24) is 5.32 Å². The number of benzene rings is 1. The predicted molar refractivity (Wildman–Crippen MR) is 80.6 cm³/mol. The predicted octanol–water partition coefficient (Wildman–Crippen LogP) is 3.36. The summed E-state index contributed by atoms with van der Waals surface area (Å²) in [6.07, 6.45) is 3.77. The van der Waals surface area contributed by atoms with E-state index < -0.39 is 0 Å². The van der Waals surface area contributed by atoms with E-state index in [0.29, 0.717) is 6.61 Å². The van der Waals surface area contributed by atoms with Crippen LogP contribution in [0.25, 0.3) is 0 Å². The van der Waals surface area contributed by atoms with Gasteiger partial charge in [-0.05, 0) is 56.5 Å². The van der Waals surface area contributed by atoms with Crippen LogP contribution < -0.4 is 10.1 Å². The average molecular weight is 328 g/mol. The monoisotopic (exact) mass is 327 g/mol. The molecule has 0 spiro atoms. The second-order valence-electron chi connectivity index (χ2n) is 5.01. The van der Waals surface area contributed by atoms with E-state index in [1.54, 1.807) is 7.11 Å².